The average Bonchev–Trinajstić information content (AvgIpc) is 2.37. The second-order valence-corrected chi connectivity index (χ2v) is 4.25. The van der Waals surface area contributed by atoms with Crippen LogP contribution < -0.4 is 0 Å². The quantitative estimate of drug-likeness (QED) is 0.840. The number of aliphatic hydroxyl groups is 1. The van der Waals surface area contributed by atoms with E-state index in [9.17, 15) is 14.7 Å². The molecule has 1 aliphatic rings. The highest BCUT2D eigenvalue weighted by Gasteiger charge is 2.28. The molecule has 1 aromatic rings. The number of nitrogens with zero attached hydrogens (tertiary/aromatic N) is 1. The van der Waals surface area contributed by atoms with Crippen LogP contribution in [0.1, 0.15) is 25.5 Å². The molecule has 100 valence electrons. The molecule has 1 unspecified atom stereocenters. The molecule has 0 spiro atoms. The second-order valence-electron chi connectivity index (χ2n) is 4.25. The Bertz CT molecular complexity index is 576. The fraction of sp³-hybridized carbons (Fsp3) is 0.214. The van der Waals surface area contributed by atoms with Crippen molar-refractivity contribution in [2.45, 2.75) is 20.0 Å². The average molecular weight is 280 g/mol. The lowest BCUT2D eigenvalue weighted by atomic mass is 9.86. The summed E-state index contributed by atoms with van der Waals surface area (Å²) >= 11 is 0. The Balaban J connectivity index is 0.00000180. The minimum absolute atomic E-state index is 0. The van der Waals surface area contributed by atoms with Gasteiger partial charge >= 0.3 is 0 Å². The number of halogens is 1. The van der Waals surface area contributed by atoms with E-state index in [1.807, 2.05) is 0 Å². The number of pyridine rings is 1. The van der Waals surface area contributed by atoms with Crippen molar-refractivity contribution in [2.75, 3.05) is 0 Å². The van der Waals surface area contributed by atoms with Crippen LogP contribution in [0.5, 0.6) is 0 Å². The normalized spacial score (nSPS) is 16.9. The fourth-order valence-electron chi connectivity index (χ4n) is 1.99. The van der Waals surface area contributed by atoms with Crippen LogP contribution >= 0.6 is 12.4 Å². The van der Waals surface area contributed by atoms with E-state index >= 15 is 0 Å². The van der Waals surface area contributed by atoms with Crippen molar-refractivity contribution >= 4 is 24.0 Å². The van der Waals surface area contributed by atoms with E-state index < -0.39 is 6.10 Å². The first-order valence-corrected chi connectivity index (χ1v) is 5.58. The summed E-state index contributed by atoms with van der Waals surface area (Å²) in [6.07, 6.45) is 3.22. The zero-order valence-corrected chi connectivity index (χ0v) is 11.4. The van der Waals surface area contributed by atoms with Crippen LogP contribution in [0.2, 0.25) is 0 Å². The topological polar surface area (TPSA) is 67.3 Å². The maximum Gasteiger partial charge on any atom is 0.185 e. The van der Waals surface area contributed by atoms with E-state index in [0.29, 0.717) is 16.7 Å². The van der Waals surface area contributed by atoms with Crippen LogP contribution in [0.15, 0.2) is 47.3 Å². The van der Waals surface area contributed by atoms with Gasteiger partial charge in [-0.15, -0.1) is 12.4 Å². The van der Waals surface area contributed by atoms with Gasteiger partial charge in [0.15, 0.2) is 11.6 Å². The molecule has 1 N–H and O–H groups in total. The first kappa shape index (κ1) is 15.3. The molecule has 2 rings (SSSR count). The highest BCUT2D eigenvalue weighted by atomic mass is 35.5. The fourth-order valence-corrected chi connectivity index (χ4v) is 1.99. The van der Waals surface area contributed by atoms with Crippen molar-refractivity contribution in [1.82, 2.24) is 4.98 Å². The summed E-state index contributed by atoms with van der Waals surface area (Å²) in [5, 5.41) is 10.2. The molecule has 1 aliphatic carbocycles. The van der Waals surface area contributed by atoms with Gasteiger partial charge in [0.05, 0.1) is 0 Å². The van der Waals surface area contributed by atoms with Crippen molar-refractivity contribution in [3.63, 3.8) is 0 Å². The van der Waals surface area contributed by atoms with E-state index in [1.54, 1.807) is 32.2 Å². The zero-order chi connectivity index (χ0) is 13.3. The minimum atomic E-state index is -1.11. The molecule has 0 amide bonds. The molecule has 0 radical (unpaired) electrons. The van der Waals surface area contributed by atoms with Gasteiger partial charge in [0.25, 0.3) is 0 Å². The maximum absolute atomic E-state index is 11.9. The lowest BCUT2D eigenvalue weighted by Gasteiger charge is -2.19. The van der Waals surface area contributed by atoms with Crippen LogP contribution in [0.3, 0.4) is 0 Å². The number of rotatable bonds is 2. The van der Waals surface area contributed by atoms with E-state index in [4.69, 9.17) is 0 Å². The summed E-state index contributed by atoms with van der Waals surface area (Å²) in [7, 11) is 0. The SMILES string of the molecule is CC1=CC(=O)C(C(O)c2cccnc2)=C(C)C1=O.Cl. The summed E-state index contributed by atoms with van der Waals surface area (Å²) in [6.45, 7) is 3.16. The van der Waals surface area contributed by atoms with Gasteiger partial charge in [0, 0.05) is 34.7 Å². The molecule has 1 aromatic heterocycles. The number of hydrogen-bond donors (Lipinski definition) is 1. The molecule has 0 aromatic carbocycles. The highest BCUT2D eigenvalue weighted by Crippen LogP contribution is 2.29. The van der Waals surface area contributed by atoms with Crippen molar-refractivity contribution < 1.29 is 14.7 Å². The Morgan fingerprint density at radius 1 is 1.26 bits per heavy atom. The van der Waals surface area contributed by atoms with Gasteiger partial charge in [-0.2, -0.15) is 0 Å². The van der Waals surface area contributed by atoms with Crippen LogP contribution in [0.4, 0.5) is 0 Å². The summed E-state index contributed by atoms with van der Waals surface area (Å²) in [5.74, 6) is -0.520. The van der Waals surface area contributed by atoms with Crippen molar-refractivity contribution in [3.05, 3.63) is 52.9 Å². The monoisotopic (exact) mass is 279 g/mol. The van der Waals surface area contributed by atoms with Gasteiger partial charge < -0.3 is 5.11 Å². The van der Waals surface area contributed by atoms with Gasteiger partial charge in [0.2, 0.25) is 0 Å². The molecule has 0 fully saturated rings. The molecule has 0 saturated heterocycles. The molecule has 1 heterocycles. The van der Waals surface area contributed by atoms with Gasteiger partial charge in [0.1, 0.15) is 6.10 Å². The zero-order valence-electron chi connectivity index (χ0n) is 10.6. The summed E-state index contributed by atoms with van der Waals surface area (Å²) in [4.78, 5) is 27.6. The Kier molecular flexibility index (Phi) is 4.75. The molecule has 5 heteroatoms. The van der Waals surface area contributed by atoms with Gasteiger partial charge in [-0.1, -0.05) is 6.07 Å². The molecule has 4 nitrogen and oxygen atoms in total. The third-order valence-electron chi connectivity index (χ3n) is 2.99. The van der Waals surface area contributed by atoms with Crippen molar-refractivity contribution in [1.29, 1.82) is 0 Å². The summed E-state index contributed by atoms with van der Waals surface area (Å²) in [6, 6.07) is 3.34. The number of aromatic nitrogens is 1. The molecule has 1 atom stereocenters. The third kappa shape index (κ3) is 2.80. The number of carbonyl (C=O) groups excluding carboxylic acids is 2. The molecular weight excluding hydrogens is 266 g/mol. The van der Waals surface area contributed by atoms with Crippen molar-refractivity contribution in [2.24, 2.45) is 0 Å². The number of hydrogen-bond acceptors (Lipinski definition) is 4. The summed E-state index contributed by atoms with van der Waals surface area (Å²) in [5.41, 5.74) is 1.34. The van der Waals surface area contributed by atoms with Crippen molar-refractivity contribution in [3.8, 4) is 0 Å². The number of carbonyl (C=O) groups is 2. The van der Waals surface area contributed by atoms with E-state index in [-0.39, 0.29) is 29.5 Å². The lowest BCUT2D eigenvalue weighted by Crippen LogP contribution is -2.21. The standard InChI is InChI=1S/C14H13NO3.ClH/c1-8-6-11(16)12(9(2)13(8)17)14(18)10-4-3-5-15-7-10;/h3-7,14,18H,1-2H3;1H. The number of Topliss-reactive ketones (excluding diaryl/α,β-unsaturated/α-hetero) is 1. The van der Waals surface area contributed by atoms with Gasteiger partial charge in [-0.3, -0.25) is 14.6 Å². The molecule has 0 saturated carbocycles. The maximum atomic E-state index is 11.9. The highest BCUT2D eigenvalue weighted by molar-refractivity contribution is 6.22. The Labute approximate surface area is 117 Å². The molecule has 0 aliphatic heterocycles. The Hall–Kier alpha value is -1.78. The first-order valence-electron chi connectivity index (χ1n) is 5.58. The van der Waals surface area contributed by atoms with Crippen LogP contribution in [0.25, 0.3) is 0 Å². The minimum Gasteiger partial charge on any atom is -0.383 e. The van der Waals surface area contributed by atoms with Crippen LogP contribution in [0, 0.1) is 0 Å². The van der Waals surface area contributed by atoms with Crippen LogP contribution in [-0.2, 0) is 9.59 Å². The summed E-state index contributed by atoms with van der Waals surface area (Å²) < 4.78 is 0. The van der Waals surface area contributed by atoms with E-state index in [0.717, 1.165) is 0 Å². The third-order valence-corrected chi connectivity index (χ3v) is 2.99. The lowest BCUT2D eigenvalue weighted by molar-refractivity contribution is -0.116. The van der Waals surface area contributed by atoms with Crippen LogP contribution in [-0.4, -0.2) is 21.7 Å². The largest absolute Gasteiger partial charge is 0.383 e. The first-order chi connectivity index (χ1) is 8.52. The number of aliphatic hydroxyl groups excluding tert-OH is 1. The molecule has 19 heavy (non-hydrogen) atoms. The smallest absolute Gasteiger partial charge is 0.185 e. The second kappa shape index (κ2) is 5.91. The van der Waals surface area contributed by atoms with Gasteiger partial charge in [-0.25, -0.2) is 0 Å². The predicted octanol–water partition coefficient (Wildman–Crippen LogP) is 1.95. The Morgan fingerprint density at radius 3 is 2.53 bits per heavy atom. The predicted molar refractivity (Wildman–Crippen MR) is 72.9 cm³/mol. The number of ketones is 2. The molecular formula is C14H14ClNO3. The van der Waals surface area contributed by atoms with E-state index in [1.165, 1.54) is 12.3 Å². The Morgan fingerprint density at radius 2 is 1.95 bits per heavy atom. The van der Waals surface area contributed by atoms with E-state index in [2.05, 4.69) is 4.98 Å². The number of allylic oxidation sites excluding steroid dienone is 3. The van der Waals surface area contributed by atoms with Gasteiger partial charge in [-0.05, 0) is 26.0 Å². The molecule has 0 bridgehead atoms.